The molecule has 0 bridgehead atoms. The van der Waals surface area contributed by atoms with Gasteiger partial charge in [-0.3, -0.25) is 0 Å². The van der Waals surface area contributed by atoms with E-state index in [-0.39, 0.29) is 48.3 Å². The van der Waals surface area contributed by atoms with Gasteiger partial charge in [0.05, 0.1) is 18.3 Å². The van der Waals surface area contributed by atoms with E-state index in [1.165, 1.54) is 10.4 Å². The van der Waals surface area contributed by atoms with Crippen LogP contribution in [0.25, 0.3) is 0 Å². The Morgan fingerprint density at radius 1 is 0.659 bits per heavy atom. The lowest BCUT2D eigenvalue weighted by atomic mass is 9.88. The molecule has 8 heteroatoms. The highest BCUT2D eigenvalue weighted by Crippen LogP contribution is 2.37. The average Bonchev–Trinajstić information content (AvgIpc) is 2.98. The van der Waals surface area contributed by atoms with E-state index in [1.807, 2.05) is 0 Å². The van der Waals surface area contributed by atoms with Gasteiger partial charge in [-0.05, 0) is 15.4 Å². The molecule has 0 amide bonds. The minimum atomic E-state index is -2.66. The monoisotopic (exact) mass is 590 g/mol. The Morgan fingerprint density at radius 2 is 1.17 bits per heavy atom. The zero-order valence-corrected chi connectivity index (χ0v) is 27.9. The van der Waals surface area contributed by atoms with Crippen LogP contribution in [0.15, 0.2) is 60.7 Å². The number of ether oxygens (including phenoxy) is 6. The molecule has 0 saturated carbocycles. The summed E-state index contributed by atoms with van der Waals surface area (Å²) in [7, 11) is 5.73. The van der Waals surface area contributed by atoms with E-state index in [0.29, 0.717) is 19.4 Å². The summed E-state index contributed by atoms with van der Waals surface area (Å²) in [6.07, 6.45) is 0.481. The van der Waals surface area contributed by atoms with Gasteiger partial charge in [0, 0.05) is 66.8 Å². The van der Waals surface area contributed by atoms with E-state index in [2.05, 4.69) is 95.3 Å². The van der Waals surface area contributed by atoms with Crippen LogP contribution in [0.1, 0.15) is 47.5 Å². The molecule has 0 aliphatic rings. The van der Waals surface area contributed by atoms with Crippen molar-refractivity contribution in [2.45, 2.75) is 77.1 Å². The molecule has 41 heavy (non-hydrogen) atoms. The lowest BCUT2D eigenvalue weighted by Gasteiger charge is -2.44. The highest BCUT2D eigenvalue weighted by molar-refractivity contribution is 6.99. The summed E-state index contributed by atoms with van der Waals surface area (Å²) in [4.78, 5) is 0. The van der Waals surface area contributed by atoms with Crippen LogP contribution in [0.2, 0.25) is 5.04 Å². The van der Waals surface area contributed by atoms with Crippen molar-refractivity contribution in [2.24, 2.45) is 11.8 Å². The van der Waals surface area contributed by atoms with Gasteiger partial charge in [-0.15, -0.1) is 0 Å². The maximum Gasteiger partial charge on any atom is 0.261 e. The number of hydrogen-bond acceptors (Lipinski definition) is 7. The van der Waals surface area contributed by atoms with E-state index in [0.717, 1.165) is 0 Å². The molecular weight excluding hydrogens is 536 g/mol. The van der Waals surface area contributed by atoms with E-state index in [1.54, 1.807) is 35.5 Å². The topological polar surface area (TPSA) is 64.6 Å². The second-order valence-corrected chi connectivity index (χ2v) is 16.1. The molecule has 0 spiro atoms. The Labute approximate surface area is 249 Å². The second kappa shape index (κ2) is 17.5. The molecule has 0 unspecified atom stereocenters. The zero-order chi connectivity index (χ0) is 30.5. The van der Waals surface area contributed by atoms with Gasteiger partial charge in [-0.1, -0.05) is 95.3 Å². The Kier molecular flexibility index (Phi) is 15.2. The Hall–Kier alpha value is -1.62. The summed E-state index contributed by atoms with van der Waals surface area (Å²) in [6.45, 7) is 12.0. The van der Waals surface area contributed by atoms with Crippen LogP contribution in [0.3, 0.4) is 0 Å². The van der Waals surface area contributed by atoms with Crippen LogP contribution < -0.4 is 10.4 Å². The van der Waals surface area contributed by atoms with Gasteiger partial charge < -0.3 is 32.8 Å². The minimum absolute atomic E-state index is 0.0328. The van der Waals surface area contributed by atoms with Crippen molar-refractivity contribution in [3.05, 3.63) is 60.7 Å². The lowest BCUT2D eigenvalue weighted by molar-refractivity contribution is -0.157. The van der Waals surface area contributed by atoms with Gasteiger partial charge in [-0.25, -0.2) is 0 Å². The van der Waals surface area contributed by atoms with E-state index in [4.69, 9.17) is 32.8 Å². The maximum absolute atomic E-state index is 7.22. The highest BCUT2D eigenvalue weighted by Gasteiger charge is 2.50. The predicted molar refractivity (Wildman–Crippen MR) is 167 cm³/mol. The SMILES string of the molecule is COCO[C@@H](C[C@H](OC)[C@@H](C)CO[Si](c1ccccc1)(c1ccccc1)C(C)(C)C)[C@H](C)[C@H](CC(OC)OC)OC. The van der Waals surface area contributed by atoms with Crippen molar-refractivity contribution in [1.29, 1.82) is 0 Å². The maximum atomic E-state index is 7.22. The first kappa shape index (κ1) is 35.6. The summed E-state index contributed by atoms with van der Waals surface area (Å²) < 4.78 is 41.6. The third-order valence-electron chi connectivity index (χ3n) is 8.21. The molecule has 0 N–H and O–H groups in total. The van der Waals surface area contributed by atoms with Crippen molar-refractivity contribution in [3.63, 3.8) is 0 Å². The Morgan fingerprint density at radius 3 is 1.59 bits per heavy atom. The van der Waals surface area contributed by atoms with Crippen molar-refractivity contribution in [2.75, 3.05) is 48.9 Å². The number of hydrogen-bond donors (Lipinski definition) is 0. The molecule has 0 aromatic heterocycles. The first-order valence-electron chi connectivity index (χ1n) is 14.6. The fourth-order valence-corrected chi connectivity index (χ4v) is 10.4. The van der Waals surface area contributed by atoms with Gasteiger partial charge in [-0.2, -0.15) is 0 Å². The van der Waals surface area contributed by atoms with Crippen LogP contribution in [0.5, 0.6) is 0 Å². The molecule has 2 rings (SSSR count). The molecule has 0 aliphatic carbocycles. The second-order valence-electron chi connectivity index (χ2n) is 11.8. The van der Waals surface area contributed by atoms with Gasteiger partial charge in [0.2, 0.25) is 0 Å². The third kappa shape index (κ3) is 9.43. The standard InChI is InChI=1S/C33H54O7Si/c1-25(29(35-7)21-31(39-24-34-6)26(2)30(36-8)22-32(37-9)38-10)23-40-41(33(3,4)5,27-17-13-11-14-18-27)28-19-15-12-16-20-28/h11-20,25-26,29-32H,21-24H2,1-10H3/t25-,26+,29-,30-,31-/m0/s1. The van der Waals surface area contributed by atoms with Crippen LogP contribution >= 0.6 is 0 Å². The first-order chi connectivity index (χ1) is 19.6. The molecule has 5 atom stereocenters. The predicted octanol–water partition coefficient (Wildman–Crippen LogP) is 5.25. The largest absolute Gasteiger partial charge is 0.407 e. The molecule has 0 heterocycles. The van der Waals surface area contributed by atoms with E-state index < -0.39 is 8.32 Å². The van der Waals surface area contributed by atoms with Gasteiger partial charge >= 0.3 is 0 Å². The quantitative estimate of drug-likeness (QED) is 0.164. The molecule has 232 valence electrons. The molecule has 0 aliphatic heterocycles. The summed E-state index contributed by atoms with van der Waals surface area (Å²) in [6, 6.07) is 21.5. The fraction of sp³-hybridized carbons (Fsp3) is 0.636. The van der Waals surface area contributed by atoms with Gasteiger partial charge in [0.15, 0.2) is 6.29 Å². The molecule has 2 aromatic carbocycles. The van der Waals surface area contributed by atoms with Gasteiger partial charge in [0.25, 0.3) is 8.32 Å². The third-order valence-corrected chi connectivity index (χ3v) is 13.2. The molecule has 2 aromatic rings. The Balaban J connectivity index is 2.32. The minimum Gasteiger partial charge on any atom is -0.407 e. The normalized spacial score (nSPS) is 16.4. The number of methoxy groups -OCH3 is 5. The molecule has 0 radical (unpaired) electrons. The fourth-order valence-electron chi connectivity index (χ4n) is 5.75. The first-order valence-corrected chi connectivity index (χ1v) is 16.5. The van der Waals surface area contributed by atoms with Crippen LogP contribution in [0, 0.1) is 11.8 Å². The van der Waals surface area contributed by atoms with Crippen LogP contribution in [-0.2, 0) is 32.8 Å². The van der Waals surface area contributed by atoms with E-state index >= 15 is 0 Å². The van der Waals surface area contributed by atoms with Crippen molar-refractivity contribution < 1.29 is 32.8 Å². The highest BCUT2D eigenvalue weighted by atomic mass is 28.4. The summed E-state index contributed by atoms with van der Waals surface area (Å²) in [5.74, 6) is 0.139. The Bertz CT molecular complexity index is 910. The number of benzene rings is 2. The molecule has 0 saturated heterocycles. The smallest absolute Gasteiger partial charge is 0.261 e. The number of rotatable bonds is 19. The van der Waals surface area contributed by atoms with Crippen molar-refractivity contribution >= 4 is 18.7 Å². The molecular formula is C33H54O7Si. The zero-order valence-electron chi connectivity index (χ0n) is 26.9. The summed E-state index contributed by atoms with van der Waals surface area (Å²) >= 11 is 0. The van der Waals surface area contributed by atoms with Crippen LogP contribution in [0.4, 0.5) is 0 Å². The molecule has 7 nitrogen and oxygen atoms in total. The van der Waals surface area contributed by atoms with Crippen molar-refractivity contribution in [1.82, 2.24) is 0 Å². The lowest BCUT2D eigenvalue weighted by Crippen LogP contribution is -2.67. The van der Waals surface area contributed by atoms with Gasteiger partial charge in [0.1, 0.15) is 6.79 Å². The molecule has 0 fully saturated rings. The summed E-state index contributed by atoms with van der Waals surface area (Å²) in [5, 5.41) is 2.44. The summed E-state index contributed by atoms with van der Waals surface area (Å²) in [5.41, 5.74) is 0. The average molecular weight is 591 g/mol. The van der Waals surface area contributed by atoms with E-state index in [9.17, 15) is 0 Å². The van der Waals surface area contributed by atoms with Crippen LogP contribution in [-0.4, -0.2) is 81.9 Å². The van der Waals surface area contributed by atoms with Crippen molar-refractivity contribution in [3.8, 4) is 0 Å².